The van der Waals surface area contributed by atoms with Crippen LogP contribution in [0, 0.1) is 0 Å². The molecule has 1 amide bonds. The van der Waals surface area contributed by atoms with E-state index in [0.29, 0.717) is 35.5 Å². The number of hydrogen-bond acceptors (Lipinski definition) is 4. The standard InChI is InChI=1S/C23H26N2O4/c1-3-5-14-25-19-9-7-6-8-18(19)21(26)20(23(25)28)22(27)24-16-10-12-17(13-11-16)29-15-4-2/h6-13,26H,3-5,14-15H2,1-2H3,(H,24,27). The van der Waals surface area contributed by atoms with Crippen LogP contribution in [0.3, 0.4) is 0 Å². The second-order valence-electron chi connectivity index (χ2n) is 6.88. The van der Waals surface area contributed by atoms with E-state index in [4.69, 9.17) is 4.74 Å². The van der Waals surface area contributed by atoms with Gasteiger partial charge in [-0.3, -0.25) is 9.59 Å². The third-order valence-corrected chi connectivity index (χ3v) is 4.69. The minimum Gasteiger partial charge on any atom is -0.506 e. The summed E-state index contributed by atoms with van der Waals surface area (Å²) >= 11 is 0. The van der Waals surface area contributed by atoms with Gasteiger partial charge in [0.1, 0.15) is 17.1 Å². The average molecular weight is 394 g/mol. The number of carbonyl (C=O) groups excluding carboxylic acids is 1. The van der Waals surface area contributed by atoms with E-state index in [0.717, 1.165) is 19.3 Å². The van der Waals surface area contributed by atoms with Crippen LogP contribution in [0.4, 0.5) is 5.69 Å². The van der Waals surface area contributed by atoms with Gasteiger partial charge in [-0.05, 0) is 49.2 Å². The molecule has 6 nitrogen and oxygen atoms in total. The lowest BCUT2D eigenvalue weighted by molar-refractivity contribution is 0.102. The predicted molar refractivity (Wildman–Crippen MR) is 115 cm³/mol. The van der Waals surface area contributed by atoms with Gasteiger partial charge in [0.05, 0.1) is 12.1 Å². The Morgan fingerprint density at radius 2 is 1.79 bits per heavy atom. The highest BCUT2D eigenvalue weighted by Gasteiger charge is 2.22. The van der Waals surface area contributed by atoms with Gasteiger partial charge in [0.15, 0.2) is 0 Å². The molecule has 0 saturated carbocycles. The first-order valence-corrected chi connectivity index (χ1v) is 9.95. The van der Waals surface area contributed by atoms with E-state index in [9.17, 15) is 14.7 Å². The Morgan fingerprint density at radius 3 is 2.48 bits per heavy atom. The number of rotatable bonds is 8. The van der Waals surface area contributed by atoms with Crippen LogP contribution in [-0.4, -0.2) is 22.2 Å². The molecule has 0 bridgehead atoms. The van der Waals surface area contributed by atoms with Crippen molar-refractivity contribution < 1.29 is 14.6 Å². The van der Waals surface area contributed by atoms with Gasteiger partial charge in [-0.1, -0.05) is 32.4 Å². The third-order valence-electron chi connectivity index (χ3n) is 4.69. The van der Waals surface area contributed by atoms with Crippen LogP contribution in [0.5, 0.6) is 11.5 Å². The molecule has 0 radical (unpaired) electrons. The molecule has 0 spiro atoms. The molecule has 0 atom stereocenters. The first-order chi connectivity index (χ1) is 14.1. The van der Waals surface area contributed by atoms with Crippen molar-refractivity contribution in [2.24, 2.45) is 0 Å². The highest BCUT2D eigenvalue weighted by Crippen LogP contribution is 2.27. The van der Waals surface area contributed by atoms with Gasteiger partial charge in [-0.2, -0.15) is 0 Å². The summed E-state index contributed by atoms with van der Waals surface area (Å²) in [4.78, 5) is 25.9. The fourth-order valence-corrected chi connectivity index (χ4v) is 3.18. The monoisotopic (exact) mass is 394 g/mol. The molecule has 0 aliphatic carbocycles. The third kappa shape index (κ3) is 4.42. The summed E-state index contributed by atoms with van der Waals surface area (Å²) in [5, 5.41) is 13.9. The smallest absolute Gasteiger partial charge is 0.267 e. The molecular formula is C23H26N2O4. The number of carbonyl (C=O) groups is 1. The van der Waals surface area contributed by atoms with Crippen molar-refractivity contribution in [2.75, 3.05) is 11.9 Å². The Kier molecular flexibility index (Phi) is 6.54. The molecule has 29 heavy (non-hydrogen) atoms. The zero-order valence-electron chi connectivity index (χ0n) is 16.8. The zero-order chi connectivity index (χ0) is 20.8. The lowest BCUT2D eigenvalue weighted by atomic mass is 10.1. The Bertz CT molecular complexity index is 1050. The van der Waals surface area contributed by atoms with Gasteiger partial charge in [-0.25, -0.2) is 0 Å². The molecule has 0 unspecified atom stereocenters. The molecule has 3 rings (SSSR count). The second-order valence-corrected chi connectivity index (χ2v) is 6.88. The van der Waals surface area contributed by atoms with Crippen molar-refractivity contribution in [1.29, 1.82) is 0 Å². The number of hydrogen-bond donors (Lipinski definition) is 2. The Balaban J connectivity index is 1.96. The number of pyridine rings is 1. The molecular weight excluding hydrogens is 368 g/mol. The van der Waals surface area contributed by atoms with Crippen molar-refractivity contribution in [3.8, 4) is 11.5 Å². The van der Waals surface area contributed by atoms with Crippen molar-refractivity contribution >= 4 is 22.5 Å². The van der Waals surface area contributed by atoms with Gasteiger partial charge in [0, 0.05) is 17.6 Å². The number of benzene rings is 2. The summed E-state index contributed by atoms with van der Waals surface area (Å²) in [5.41, 5.74) is 0.407. The average Bonchev–Trinajstić information content (AvgIpc) is 2.73. The normalized spacial score (nSPS) is 10.8. The number of ether oxygens (including phenoxy) is 1. The van der Waals surface area contributed by atoms with Gasteiger partial charge in [0.25, 0.3) is 11.5 Å². The van der Waals surface area contributed by atoms with E-state index in [1.54, 1.807) is 47.0 Å². The van der Waals surface area contributed by atoms with Crippen LogP contribution in [0.15, 0.2) is 53.3 Å². The van der Waals surface area contributed by atoms with E-state index in [1.807, 2.05) is 19.9 Å². The topological polar surface area (TPSA) is 80.6 Å². The van der Waals surface area contributed by atoms with Crippen molar-refractivity contribution in [1.82, 2.24) is 4.57 Å². The number of amides is 1. The molecule has 6 heteroatoms. The summed E-state index contributed by atoms with van der Waals surface area (Å²) in [5.74, 6) is -0.218. The van der Waals surface area contributed by atoms with E-state index >= 15 is 0 Å². The first-order valence-electron chi connectivity index (χ1n) is 9.95. The van der Waals surface area contributed by atoms with Crippen LogP contribution < -0.4 is 15.6 Å². The Hall–Kier alpha value is -3.28. The van der Waals surface area contributed by atoms with Gasteiger partial charge in [0.2, 0.25) is 0 Å². The fourth-order valence-electron chi connectivity index (χ4n) is 3.18. The summed E-state index contributed by atoms with van der Waals surface area (Å²) in [6, 6.07) is 14.0. The predicted octanol–water partition coefficient (Wildman–Crippen LogP) is 4.55. The highest BCUT2D eigenvalue weighted by atomic mass is 16.5. The molecule has 1 aromatic heterocycles. The minimum atomic E-state index is -0.634. The highest BCUT2D eigenvalue weighted by molar-refractivity contribution is 6.09. The molecule has 1 heterocycles. The number of fused-ring (bicyclic) bond motifs is 1. The quantitative estimate of drug-likeness (QED) is 0.587. The zero-order valence-corrected chi connectivity index (χ0v) is 16.8. The number of anilines is 1. The summed E-state index contributed by atoms with van der Waals surface area (Å²) in [6.07, 6.45) is 2.62. The van der Waals surface area contributed by atoms with E-state index in [1.165, 1.54) is 0 Å². The van der Waals surface area contributed by atoms with Crippen LogP contribution in [-0.2, 0) is 6.54 Å². The van der Waals surface area contributed by atoms with Crippen LogP contribution >= 0.6 is 0 Å². The largest absolute Gasteiger partial charge is 0.506 e. The number of aromatic hydroxyl groups is 1. The first kappa shape index (κ1) is 20.5. The van der Waals surface area contributed by atoms with Crippen LogP contribution in [0.2, 0.25) is 0 Å². The number of nitrogens with one attached hydrogen (secondary N) is 1. The fraction of sp³-hybridized carbons (Fsp3) is 0.304. The van der Waals surface area contributed by atoms with E-state index in [2.05, 4.69) is 5.32 Å². The molecule has 0 aliphatic heterocycles. The Labute approximate surface area is 169 Å². The minimum absolute atomic E-state index is 0.244. The molecule has 2 N–H and O–H groups in total. The van der Waals surface area contributed by atoms with E-state index < -0.39 is 11.5 Å². The van der Waals surface area contributed by atoms with Crippen molar-refractivity contribution in [2.45, 2.75) is 39.7 Å². The van der Waals surface area contributed by atoms with Crippen LogP contribution in [0.1, 0.15) is 43.5 Å². The molecule has 2 aromatic carbocycles. The molecule has 3 aromatic rings. The van der Waals surface area contributed by atoms with Crippen LogP contribution in [0.25, 0.3) is 10.9 Å². The van der Waals surface area contributed by atoms with Crippen molar-refractivity contribution in [3.63, 3.8) is 0 Å². The number of aryl methyl sites for hydroxylation is 1. The number of nitrogens with zero attached hydrogens (tertiary/aromatic N) is 1. The SMILES string of the molecule is CCCCn1c(=O)c(C(=O)Nc2ccc(OCCC)cc2)c(O)c2ccccc21. The van der Waals surface area contributed by atoms with E-state index in [-0.39, 0.29) is 11.3 Å². The molecule has 0 aliphatic rings. The van der Waals surface area contributed by atoms with Gasteiger partial charge in [-0.15, -0.1) is 0 Å². The maximum absolute atomic E-state index is 13.0. The lowest BCUT2D eigenvalue weighted by Gasteiger charge is -2.15. The molecule has 0 saturated heterocycles. The van der Waals surface area contributed by atoms with Gasteiger partial charge < -0.3 is 19.7 Å². The van der Waals surface area contributed by atoms with Crippen molar-refractivity contribution in [3.05, 3.63) is 64.4 Å². The maximum Gasteiger partial charge on any atom is 0.267 e. The Morgan fingerprint density at radius 1 is 1.07 bits per heavy atom. The number of para-hydroxylation sites is 1. The number of aromatic nitrogens is 1. The molecule has 0 fully saturated rings. The summed E-state index contributed by atoms with van der Waals surface area (Å²) < 4.78 is 7.10. The molecule has 152 valence electrons. The van der Waals surface area contributed by atoms with Gasteiger partial charge >= 0.3 is 0 Å². The maximum atomic E-state index is 13.0. The summed E-state index contributed by atoms with van der Waals surface area (Å²) in [6.45, 7) is 5.17. The lowest BCUT2D eigenvalue weighted by Crippen LogP contribution is -2.30. The second kappa shape index (κ2) is 9.28. The number of unbranched alkanes of at least 4 members (excludes halogenated alkanes) is 1. The summed E-state index contributed by atoms with van der Waals surface area (Å²) in [7, 11) is 0.